The molecule has 0 saturated carbocycles. The molecule has 0 radical (unpaired) electrons. The Labute approximate surface area is 154 Å². The number of para-hydroxylation sites is 1. The van der Waals surface area contributed by atoms with E-state index in [4.69, 9.17) is 4.74 Å². The minimum Gasteiger partial charge on any atom is -0.481 e. The van der Waals surface area contributed by atoms with Crippen LogP contribution < -0.4 is 10.1 Å². The topological polar surface area (TPSA) is 58.6 Å². The summed E-state index contributed by atoms with van der Waals surface area (Å²) in [6, 6.07) is 16.3. The number of anilines is 1. The van der Waals surface area contributed by atoms with Gasteiger partial charge in [-0.1, -0.05) is 25.1 Å². The van der Waals surface area contributed by atoms with Crippen LogP contribution in [-0.4, -0.2) is 35.9 Å². The fourth-order valence-electron chi connectivity index (χ4n) is 3.01. The first-order valence-corrected chi connectivity index (χ1v) is 9.09. The van der Waals surface area contributed by atoms with Gasteiger partial charge in [-0.2, -0.15) is 0 Å². The van der Waals surface area contributed by atoms with Gasteiger partial charge in [-0.3, -0.25) is 9.59 Å². The second-order valence-corrected chi connectivity index (χ2v) is 6.39. The van der Waals surface area contributed by atoms with Gasteiger partial charge in [0.2, 0.25) is 0 Å². The van der Waals surface area contributed by atoms with Gasteiger partial charge in [-0.15, -0.1) is 0 Å². The number of hydrogen-bond donors (Lipinski definition) is 1. The van der Waals surface area contributed by atoms with Crippen LogP contribution in [0.1, 0.15) is 36.5 Å². The van der Waals surface area contributed by atoms with Crippen molar-refractivity contribution in [2.24, 2.45) is 0 Å². The molecule has 1 aliphatic heterocycles. The van der Waals surface area contributed by atoms with Crippen molar-refractivity contribution in [3.05, 3.63) is 60.2 Å². The summed E-state index contributed by atoms with van der Waals surface area (Å²) in [7, 11) is 0. The van der Waals surface area contributed by atoms with Crippen molar-refractivity contribution in [3.8, 4) is 5.75 Å². The molecule has 1 heterocycles. The Morgan fingerprint density at radius 2 is 1.69 bits per heavy atom. The molecule has 0 aromatic heterocycles. The lowest BCUT2D eigenvalue weighted by atomic mass is 10.1. The van der Waals surface area contributed by atoms with Crippen LogP contribution in [0.3, 0.4) is 0 Å². The van der Waals surface area contributed by atoms with Crippen LogP contribution in [-0.2, 0) is 4.79 Å². The highest BCUT2D eigenvalue weighted by molar-refractivity contribution is 5.97. The molecule has 0 aliphatic carbocycles. The molecule has 3 rings (SSSR count). The van der Waals surface area contributed by atoms with E-state index in [-0.39, 0.29) is 11.8 Å². The van der Waals surface area contributed by atoms with Crippen molar-refractivity contribution < 1.29 is 14.3 Å². The van der Waals surface area contributed by atoms with Gasteiger partial charge >= 0.3 is 0 Å². The van der Waals surface area contributed by atoms with Gasteiger partial charge in [0.05, 0.1) is 0 Å². The number of likely N-dealkylation sites (tertiary alicyclic amines) is 1. The summed E-state index contributed by atoms with van der Waals surface area (Å²) in [6.45, 7) is 3.56. The molecule has 2 aromatic carbocycles. The Morgan fingerprint density at radius 3 is 2.31 bits per heavy atom. The number of ether oxygens (including phenoxy) is 1. The third-order valence-corrected chi connectivity index (χ3v) is 4.48. The van der Waals surface area contributed by atoms with Gasteiger partial charge in [0.15, 0.2) is 6.10 Å². The zero-order chi connectivity index (χ0) is 18.4. The number of hydrogen-bond acceptors (Lipinski definition) is 3. The average Bonchev–Trinajstić information content (AvgIpc) is 3.21. The van der Waals surface area contributed by atoms with E-state index in [1.807, 2.05) is 42.2 Å². The quantitative estimate of drug-likeness (QED) is 0.862. The Hall–Kier alpha value is -2.82. The van der Waals surface area contributed by atoms with Crippen molar-refractivity contribution in [3.63, 3.8) is 0 Å². The third-order valence-electron chi connectivity index (χ3n) is 4.48. The molecule has 5 heteroatoms. The molecule has 26 heavy (non-hydrogen) atoms. The number of nitrogens with one attached hydrogen (secondary N) is 1. The molecule has 1 N–H and O–H groups in total. The normalized spacial score (nSPS) is 14.7. The number of carbonyl (C=O) groups excluding carboxylic acids is 2. The van der Waals surface area contributed by atoms with Gasteiger partial charge in [0, 0.05) is 24.3 Å². The monoisotopic (exact) mass is 352 g/mol. The molecular formula is C21H24N2O3. The first-order valence-electron chi connectivity index (χ1n) is 9.09. The summed E-state index contributed by atoms with van der Waals surface area (Å²) in [5.41, 5.74) is 1.31. The van der Waals surface area contributed by atoms with E-state index in [0.29, 0.717) is 23.4 Å². The second kappa shape index (κ2) is 8.52. The lowest BCUT2D eigenvalue weighted by Crippen LogP contribution is -2.32. The largest absolute Gasteiger partial charge is 0.481 e. The standard InChI is InChI=1S/C21H24N2O3/c1-2-19(26-18-8-4-3-5-9-18)20(24)22-17-12-10-16(11-13-17)21(25)23-14-6-7-15-23/h3-5,8-13,19H,2,6-7,14-15H2,1H3,(H,22,24). The lowest BCUT2D eigenvalue weighted by Gasteiger charge is -2.18. The second-order valence-electron chi connectivity index (χ2n) is 6.39. The van der Waals surface area contributed by atoms with Gasteiger partial charge < -0.3 is 15.0 Å². The van der Waals surface area contributed by atoms with Crippen LogP contribution in [0.5, 0.6) is 5.75 Å². The Bertz CT molecular complexity index is 738. The summed E-state index contributed by atoms with van der Waals surface area (Å²) in [5, 5.41) is 2.86. The van der Waals surface area contributed by atoms with Gasteiger partial charge in [0.25, 0.3) is 11.8 Å². The van der Waals surface area contributed by atoms with Crippen molar-refractivity contribution >= 4 is 17.5 Å². The minimum atomic E-state index is -0.566. The number of carbonyl (C=O) groups is 2. The van der Waals surface area contributed by atoms with Gasteiger partial charge in [-0.25, -0.2) is 0 Å². The van der Waals surface area contributed by atoms with E-state index in [0.717, 1.165) is 25.9 Å². The molecule has 0 spiro atoms. The smallest absolute Gasteiger partial charge is 0.265 e. The molecule has 1 saturated heterocycles. The zero-order valence-corrected chi connectivity index (χ0v) is 15.0. The summed E-state index contributed by atoms with van der Waals surface area (Å²) in [4.78, 5) is 26.7. The summed E-state index contributed by atoms with van der Waals surface area (Å²) in [6.07, 6.45) is 2.13. The number of nitrogens with zero attached hydrogens (tertiary/aromatic N) is 1. The molecule has 1 unspecified atom stereocenters. The molecule has 0 bridgehead atoms. The first kappa shape index (κ1) is 18.0. The van der Waals surface area contributed by atoms with Crippen molar-refractivity contribution in [1.82, 2.24) is 4.90 Å². The number of amides is 2. The fraction of sp³-hybridized carbons (Fsp3) is 0.333. The first-order chi connectivity index (χ1) is 12.7. The molecule has 1 atom stereocenters. The summed E-state index contributed by atoms with van der Waals surface area (Å²) in [5.74, 6) is 0.523. The van der Waals surface area contributed by atoms with Crippen LogP contribution in [0, 0.1) is 0 Å². The van der Waals surface area contributed by atoms with E-state index >= 15 is 0 Å². The number of benzene rings is 2. The van der Waals surface area contributed by atoms with Crippen LogP contribution >= 0.6 is 0 Å². The molecule has 1 aliphatic rings. The predicted molar refractivity (Wildman–Crippen MR) is 101 cm³/mol. The van der Waals surface area contributed by atoms with Crippen molar-refractivity contribution in [2.45, 2.75) is 32.3 Å². The van der Waals surface area contributed by atoms with Crippen LogP contribution in [0.25, 0.3) is 0 Å². The molecular weight excluding hydrogens is 328 g/mol. The van der Waals surface area contributed by atoms with Crippen LogP contribution in [0.2, 0.25) is 0 Å². The highest BCUT2D eigenvalue weighted by Crippen LogP contribution is 2.17. The van der Waals surface area contributed by atoms with E-state index in [1.165, 1.54) is 0 Å². The van der Waals surface area contributed by atoms with Gasteiger partial charge in [-0.05, 0) is 55.7 Å². The van der Waals surface area contributed by atoms with E-state index in [1.54, 1.807) is 24.3 Å². The highest BCUT2D eigenvalue weighted by atomic mass is 16.5. The predicted octanol–water partition coefficient (Wildman–Crippen LogP) is 3.72. The fourth-order valence-corrected chi connectivity index (χ4v) is 3.01. The Morgan fingerprint density at radius 1 is 1.04 bits per heavy atom. The Balaban J connectivity index is 1.60. The molecule has 136 valence electrons. The average molecular weight is 352 g/mol. The maximum absolute atomic E-state index is 12.5. The summed E-state index contributed by atoms with van der Waals surface area (Å²) >= 11 is 0. The maximum atomic E-state index is 12.5. The van der Waals surface area contributed by atoms with E-state index in [9.17, 15) is 9.59 Å². The van der Waals surface area contributed by atoms with E-state index in [2.05, 4.69) is 5.32 Å². The van der Waals surface area contributed by atoms with Crippen LogP contribution in [0.4, 0.5) is 5.69 Å². The number of rotatable bonds is 6. The molecule has 2 aromatic rings. The minimum absolute atomic E-state index is 0.0548. The van der Waals surface area contributed by atoms with Gasteiger partial charge in [0.1, 0.15) is 5.75 Å². The SMILES string of the molecule is CCC(Oc1ccccc1)C(=O)Nc1ccc(C(=O)N2CCCC2)cc1. The molecule has 2 amide bonds. The third kappa shape index (κ3) is 4.42. The highest BCUT2D eigenvalue weighted by Gasteiger charge is 2.20. The van der Waals surface area contributed by atoms with Crippen LogP contribution in [0.15, 0.2) is 54.6 Å². The summed E-state index contributed by atoms with van der Waals surface area (Å²) < 4.78 is 5.75. The molecule has 1 fully saturated rings. The zero-order valence-electron chi connectivity index (χ0n) is 15.0. The van der Waals surface area contributed by atoms with E-state index < -0.39 is 6.10 Å². The maximum Gasteiger partial charge on any atom is 0.265 e. The molecule has 5 nitrogen and oxygen atoms in total. The Kier molecular flexibility index (Phi) is 5.89. The van der Waals surface area contributed by atoms with Crippen molar-refractivity contribution in [1.29, 1.82) is 0 Å². The lowest BCUT2D eigenvalue weighted by molar-refractivity contribution is -0.122. The van der Waals surface area contributed by atoms with Crippen molar-refractivity contribution in [2.75, 3.05) is 18.4 Å².